The molecule has 1 fully saturated rings. The predicted molar refractivity (Wildman–Crippen MR) is 126 cm³/mol. The van der Waals surface area contributed by atoms with Crippen molar-refractivity contribution < 1.29 is 13.2 Å². The zero-order valence-corrected chi connectivity index (χ0v) is 19.3. The number of piperazine rings is 1. The molecule has 5 rings (SSSR count). The van der Waals surface area contributed by atoms with E-state index in [0.717, 1.165) is 16.1 Å². The van der Waals surface area contributed by atoms with Gasteiger partial charge in [0.15, 0.2) is 9.86 Å². The highest BCUT2D eigenvalue weighted by molar-refractivity contribution is 7.89. The number of hydrogen-bond acceptors (Lipinski definition) is 7. The molecule has 0 aliphatic carbocycles. The maximum atomic E-state index is 13.5. The van der Waals surface area contributed by atoms with Crippen LogP contribution in [0.5, 0.6) is 5.75 Å². The average molecular weight is 471 g/mol. The third-order valence-corrected chi connectivity index (χ3v) is 8.81. The summed E-state index contributed by atoms with van der Waals surface area (Å²) in [6.45, 7) is 3.24. The van der Waals surface area contributed by atoms with Crippen molar-refractivity contribution in [1.82, 2.24) is 13.7 Å². The van der Waals surface area contributed by atoms with Crippen LogP contribution in [0.3, 0.4) is 0 Å². The molecule has 0 unspecified atom stereocenters. The van der Waals surface area contributed by atoms with Crippen LogP contribution in [-0.4, -0.2) is 55.4 Å². The zero-order chi connectivity index (χ0) is 22.5. The van der Waals surface area contributed by atoms with Gasteiger partial charge in [0.1, 0.15) is 5.75 Å². The first-order valence-corrected chi connectivity index (χ1v) is 12.5. The highest BCUT2D eigenvalue weighted by atomic mass is 32.2. The highest BCUT2D eigenvalue weighted by Crippen LogP contribution is 2.27. The summed E-state index contributed by atoms with van der Waals surface area (Å²) in [6, 6.07) is 15.1. The molecule has 0 amide bonds. The molecule has 0 radical (unpaired) electrons. The molecule has 10 heteroatoms. The Labute approximate surface area is 189 Å². The number of sulfonamides is 1. The highest BCUT2D eigenvalue weighted by Gasteiger charge is 2.33. The van der Waals surface area contributed by atoms with Crippen LogP contribution in [0, 0.1) is 6.92 Å². The summed E-state index contributed by atoms with van der Waals surface area (Å²) in [7, 11) is -2.36. The SMILES string of the molecule is COc1ccc(N2CCN(S(=O)(=O)c3c(C)nc4sc5ccccc5n4c3=O)CC2)cc1. The first-order chi connectivity index (χ1) is 15.4. The number of fused-ring (bicyclic) bond motifs is 3. The molecule has 2 aromatic carbocycles. The van der Waals surface area contributed by atoms with Crippen LogP contribution in [0.2, 0.25) is 0 Å². The minimum absolute atomic E-state index is 0.235. The third-order valence-electron chi connectivity index (χ3n) is 5.76. The Morgan fingerprint density at radius 1 is 1.00 bits per heavy atom. The van der Waals surface area contributed by atoms with E-state index < -0.39 is 15.6 Å². The van der Waals surface area contributed by atoms with E-state index >= 15 is 0 Å². The minimum atomic E-state index is -3.98. The summed E-state index contributed by atoms with van der Waals surface area (Å²) in [4.78, 5) is 20.2. The number of methoxy groups -OCH3 is 1. The Morgan fingerprint density at radius 2 is 1.69 bits per heavy atom. The maximum Gasteiger partial charge on any atom is 0.279 e. The van der Waals surface area contributed by atoms with Crippen molar-refractivity contribution in [1.29, 1.82) is 0 Å². The van der Waals surface area contributed by atoms with Gasteiger partial charge in [-0.05, 0) is 43.3 Å². The lowest BCUT2D eigenvalue weighted by Gasteiger charge is -2.35. The molecule has 0 bridgehead atoms. The van der Waals surface area contributed by atoms with Crippen molar-refractivity contribution in [3.8, 4) is 5.75 Å². The summed E-state index contributed by atoms with van der Waals surface area (Å²) in [5.41, 5.74) is 1.37. The van der Waals surface area contributed by atoms with E-state index in [9.17, 15) is 13.2 Å². The topological polar surface area (TPSA) is 84.2 Å². The Hall–Kier alpha value is -2.95. The summed E-state index contributed by atoms with van der Waals surface area (Å²) in [5, 5.41) is 0. The van der Waals surface area contributed by atoms with Gasteiger partial charge in [-0.3, -0.25) is 4.79 Å². The van der Waals surface area contributed by atoms with Crippen molar-refractivity contribution >= 4 is 42.2 Å². The number of aromatic nitrogens is 2. The Bertz CT molecular complexity index is 1470. The molecular formula is C22H22N4O4S2. The van der Waals surface area contributed by atoms with Crippen LogP contribution in [0.4, 0.5) is 5.69 Å². The smallest absolute Gasteiger partial charge is 0.279 e. The molecule has 0 atom stereocenters. The normalized spacial score (nSPS) is 15.5. The predicted octanol–water partition coefficient (Wildman–Crippen LogP) is 2.74. The van der Waals surface area contributed by atoms with Crippen LogP contribution in [0.1, 0.15) is 5.69 Å². The van der Waals surface area contributed by atoms with Gasteiger partial charge in [-0.25, -0.2) is 17.8 Å². The molecule has 3 heterocycles. The number of nitrogens with zero attached hydrogens (tertiary/aromatic N) is 4. The van der Waals surface area contributed by atoms with Gasteiger partial charge in [0.05, 0.1) is 23.0 Å². The number of benzene rings is 2. The Kier molecular flexibility index (Phi) is 5.15. The summed E-state index contributed by atoms with van der Waals surface area (Å²) in [5.74, 6) is 0.773. The van der Waals surface area contributed by atoms with E-state index in [1.165, 1.54) is 20.0 Å². The molecule has 8 nitrogen and oxygen atoms in total. The number of aryl methyl sites for hydroxylation is 1. The minimum Gasteiger partial charge on any atom is -0.497 e. The van der Waals surface area contributed by atoms with Gasteiger partial charge in [0.25, 0.3) is 15.6 Å². The van der Waals surface area contributed by atoms with Gasteiger partial charge >= 0.3 is 0 Å². The lowest BCUT2D eigenvalue weighted by molar-refractivity contribution is 0.383. The van der Waals surface area contributed by atoms with Gasteiger partial charge < -0.3 is 9.64 Å². The van der Waals surface area contributed by atoms with Gasteiger partial charge in [-0.15, -0.1) is 0 Å². The fraction of sp³-hybridized carbons (Fsp3) is 0.273. The Balaban J connectivity index is 1.47. The molecule has 1 saturated heterocycles. The van der Waals surface area contributed by atoms with Crippen molar-refractivity contribution in [3.63, 3.8) is 0 Å². The summed E-state index contributed by atoms with van der Waals surface area (Å²) >= 11 is 1.37. The number of ether oxygens (including phenoxy) is 1. The standard InChI is InChI=1S/C22H22N4O4S2/c1-15-20(21(27)26-18-5-3-4-6-19(18)31-22(26)23-15)32(28,29)25-13-11-24(12-14-25)16-7-9-17(30-2)10-8-16/h3-10H,11-14H2,1-2H3. The van der Waals surface area contributed by atoms with E-state index in [4.69, 9.17) is 4.74 Å². The van der Waals surface area contributed by atoms with Crippen molar-refractivity contribution in [2.24, 2.45) is 0 Å². The third kappa shape index (κ3) is 3.35. The van der Waals surface area contributed by atoms with Gasteiger partial charge in [0, 0.05) is 31.9 Å². The molecule has 0 N–H and O–H groups in total. The molecule has 0 saturated carbocycles. The second-order valence-electron chi connectivity index (χ2n) is 7.61. The van der Waals surface area contributed by atoms with Crippen molar-refractivity contribution in [3.05, 3.63) is 64.6 Å². The lowest BCUT2D eigenvalue weighted by Crippen LogP contribution is -2.49. The number of para-hydroxylation sites is 1. The first kappa shape index (κ1) is 20.9. The molecule has 32 heavy (non-hydrogen) atoms. The van der Waals surface area contributed by atoms with E-state index in [-0.39, 0.29) is 10.6 Å². The fourth-order valence-corrected chi connectivity index (χ4v) is 6.80. The second-order valence-corrected chi connectivity index (χ2v) is 10.5. The largest absolute Gasteiger partial charge is 0.497 e. The molecular weight excluding hydrogens is 448 g/mol. The van der Waals surface area contributed by atoms with Gasteiger partial charge in [-0.2, -0.15) is 4.31 Å². The van der Waals surface area contributed by atoms with Crippen molar-refractivity contribution in [2.75, 3.05) is 38.2 Å². The lowest BCUT2D eigenvalue weighted by atomic mass is 10.2. The molecule has 4 aromatic rings. The van der Waals surface area contributed by atoms with Crippen LogP contribution in [0.25, 0.3) is 15.2 Å². The fourth-order valence-electron chi connectivity index (χ4n) is 4.10. The van der Waals surface area contributed by atoms with Crippen LogP contribution in [-0.2, 0) is 10.0 Å². The van der Waals surface area contributed by atoms with E-state index in [1.807, 2.05) is 42.5 Å². The maximum absolute atomic E-state index is 13.5. The summed E-state index contributed by atoms with van der Waals surface area (Å²) in [6.07, 6.45) is 0. The quantitative estimate of drug-likeness (QED) is 0.456. The van der Waals surface area contributed by atoms with E-state index in [2.05, 4.69) is 9.88 Å². The molecule has 1 aliphatic rings. The number of hydrogen-bond donors (Lipinski definition) is 0. The Morgan fingerprint density at radius 3 is 2.38 bits per heavy atom. The zero-order valence-electron chi connectivity index (χ0n) is 17.7. The van der Waals surface area contributed by atoms with Gasteiger partial charge in [0.2, 0.25) is 0 Å². The van der Waals surface area contributed by atoms with E-state index in [1.54, 1.807) is 20.1 Å². The van der Waals surface area contributed by atoms with E-state index in [0.29, 0.717) is 36.7 Å². The van der Waals surface area contributed by atoms with Crippen LogP contribution in [0.15, 0.2) is 58.2 Å². The molecule has 2 aromatic heterocycles. The first-order valence-electron chi connectivity index (χ1n) is 10.2. The summed E-state index contributed by atoms with van der Waals surface area (Å²) < 4.78 is 35.9. The number of rotatable bonds is 4. The van der Waals surface area contributed by atoms with Crippen LogP contribution >= 0.6 is 11.3 Å². The second kappa shape index (κ2) is 7.88. The van der Waals surface area contributed by atoms with Gasteiger partial charge in [-0.1, -0.05) is 23.5 Å². The van der Waals surface area contributed by atoms with Crippen molar-refractivity contribution in [2.45, 2.75) is 11.8 Å². The number of thiazole rings is 1. The van der Waals surface area contributed by atoms with Crippen LogP contribution < -0.4 is 15.2 Å². The molecule has 0 spiro atoms. The molecule has 1 aliphatic heterocycles. The number of anilines is 1. The monoisotopic (exact) mass is 470 g/mol. The average Bonchev–Trinajstić information content (AvgIpc) is 3.17. The molecule has 166 valence electrons.